The first kappa shape index (κ1) is 13.7. The minimum Gasteiger partial charge on any atom is -0.310 e. The van der Waals surface area contributed by atoms with Crippen LogP contribution in [0.5, 0.6) is 0 Å². The van der Waals surface area contributed by atoms with Gasteiger partial charge in [0.05, 0.1) is 0 Å². The van der Waals surface area contributed by atoms with Gasteiger partial charge in [-0.1, -0.05) is 13.0 Å². The van der Waals surface area contributed by atoms with E-state index in [1.165, 1.54) is 12.1 Å². The predicted octanol–water partition coefficient (Wildman–Crippen LogP) is 3.42. The van der Waals surface area contributed by atoms with Crippen LogP contribution in [0.25, 0.3) is 0 Å². The second-order valence-electron chi connectivity index (χ2n) is 3.87. The molecule has 1 unspecified atom stereocenters. The topological polar surface area (TPSA) is 12.0 Å². The van der Waals surface area contributed by atoms with Crippen LogP contribution in [0, 0.1) is 24.0 Å². The number of benzene rings is 1. The minimum absolute atomic E-state index is 0.103. The molecule has 0 fully saturated rings. The van der Waals surface area contributed by atoms with Crippen molar-refractivity contribution in [2.24, 2.45) is 0 Å². The highest BCUT2D eigenvalue weighted by atomic mass is 19.1. The van der Waals surface area contributed by atoms with E-state index in [0.29, 0.717) is 12.0 Å². The van der Waals surface area contributed by atoms with Gasteiger partial charge in [0.2, 0.25) is 0 Å². The number of rotatable bonds is 6. The number of nitrogens with one attached hydrogen (secondary N) is 1. The molecule has 0 spiro atoms. The molecule has 92 valence electrons. The zero-order chi connectivity index (χ0) is 12.7. The molecule has 0 amide bonds. The zero-order valence-electron chi connectivity index (χ0n) is 9.97. The van der Waals surface area contributed by atoms with E-state index in [9.17, 15) is 8.78 Å². The summed E-state index contributed by atoms with van der Waals surface area (Å²) in [4.78, 5) is 0. The maximum atomic E-state index is 13.6. The number of hydrogen-bond donors (Lipinski definition) is 1. The van der Waals surface area contributed by atoms with Gasteiger partial charge >= 0.3 is 0 Å². The van der Waals surface area contributed by atoms with Crippen molar-refractivity contribution in [1.82, 2.24) is 5.32 Å². The van der Waals surface area contributed by atoms with Crippen LogP contribution >= 0.6 is 0 Å². The Morgan fingerprint density at radius 3 is 2.76 bits per heavy atom. The molecule has 1 nitrogen and oxygen atoms in total. The normalized spacial score (nSPS) is 12.1. The second-order valence-corrected chi connectivity index (χ2v) is 3.87. The van der Waals surface area contributed by atoms with Crippen LogP contribution in [0.15, 0.2) is 18.2 Å². The van der Waals surface area contributed by atoms with Crippen LogP contribution in [0.3, 0.4) is 0 Å². The molecule has 1 atom stereocenters. The average molecular weight is 237 g/mol. The maximum absolute atomic E-state index is 13.6. The van der Waals surface area contributed by atoms with Crippen LogP contribution in [0.4, 0.5) is 8.78 Å². The molecule has 0 heterocycles. The number of halogens is 2. The summed E-state index contributed by atoms with van der Waals surface area (Å²) in [6.07, 6.45) is 7.43. The van der Waals surface area contributed by atoms with Gasteiger partial charge in [-0.05, 0) is 25.5 Å². The van der Waals surface area contributed by atoms with Gasteiger partial charge in [0, 0.05) is 24.1 Å². The van der Waals surface area contributed by atoms with Crippen LogP contribution in [0.1, 0.15) is 37.8 Å². The van der Waals surface area contributed by atoms with Gasteiger partial charge < -0.3 is 5.32 Å². The van der Waals surface area contributed by atoms with E-state index in [2.05, 4.69) is 11.2 Å². The molecule has 0 radical (unpaired) electrons. The Morgan fingerprint density at radius 2 is 2.18 bits per heavy atom. The van der Waals surface area contributed by atoms with Gasteiger partial charge in [-0.2, -0.15) is 0 Å². The fourth-order valence-electron chi connectivity index (χ4n) is 1.81. The number of hydrogen-bond acceptors (Lipinski definition) is 1. The van der Waals surface area contributed by atoms with Gasteiger partial charge in [0.1, 0.15) is 11.6 Å². The van der Waals surface area contributed by atoms with Crippen molar-refractivity contribution in [2.45, 2.75) is 32.2 Å². The monoisotopic (exact) mass is 237 g/mol. The first-order valence-electron chi connectivity index (χ1n) is 5.80. The van der Waals surface area contributed by atoms with Gasteiger partial charge in [-0.3, -0.25) is 0 Å². The lowest BCUT2D eigenvalue weighted by Gasteiger charge is -2.18. The van der Waals surface area contributed by atoms with Crippen LogP contribution in [-0.4, -0.2) is 6.54 Å². The summed E-state index contributed by atoms with van der Waals surface area (Å²) in [6, 6.07) is 3.59. The Hall–Kier alpha value is -1.40. The molecule has 0 aliphatic rings. The van der Waals surface area contributed by atoms with Crippen molar-refractivity contribution in [3.05, 3.63) is 35.4 Å². The highest BCUT2D eigenvalue weighted by Gasteiger charge is 2.14. The molecule has 1 rings (SSSR count). The first-order valence-corrected chi connectivity index (χ1v) is 5.80. The van der Waals surface area contributed by atoms with Crippen LogP contribution in [0.2, 0.25) is 0 Å². The van der Waals surface area contributed by atoms with Gasteiger partial charge in [-0.15, -0.1) is 12.3 Å². The fraction of sp³-hybridized carbons (Fsp3) is 0.429. The quantitative estimate of drug-likeness (QED) is 0.590. The molecule has 0 aromatic heterocycles. The van der Waals surface area contributed by atoms with E-state index in [4.69, 9.17) is 6.42 Å². The Kier molecular flexibility index (Phi) is 5.65. The van der Waals surface area contributed by atoms with Gasteiger partial charge in [-0.25, -0.2) is 8.78 Å². The summed E-state index contributed by atoms with van der Waals surface area (Å²) in [5.74, 6) is 1.50. The van der Waals surface area contributed by atoms with Crippen molar-refractivity contribution < 1.29 is 8.78 Å². The Balaban J connectivity index is 2.78. The van der Waals surface area contributed by atoms with Crippen LogP contribution in [-0.2, 0) is 0 Å². The smallest absolute Gasteiger partial charge is 0.130 e. The van der Waals surface area contributed by atoms with Crippen molar-refractivity contribution >= 4 is 0 Å². The van der Waals surface area contributed by atoms with Crippen LogP contribution < -0.4 is 5.32 Å². The molecule has 1 aromatic rings. The third-order valence-corrected chi connectivity index (χ3v) is 2.60. The van der Waals surface area contributed by atoms with Gasteiger partial charge in [0.15, 0.2) is 0 Å². The van der Waals surface area contributed by atoms with Crippen molar-refractivity contribution in [1.29, 1.82) is 0 Å². The van der Waals surface area contributed by atoms with E-state index in [-0.39, 0.29) is 6.04 Å². The predicted molar refractivity (Wildman–Crippen MR) is 65.5 cm³/mol. The SMILES string of the molecule is C#CCCCC(NCC)c1ccc(F)cc1F. The molecule has 0 aliphatic carbocycles. The Labute approximate surface area is 101 Å². The van der Waals surface area contributed by atoms with E-state index in [1.807, 2.05) is 6.92 Å². The summed E-state index contributed by atoms with van der Waals surface area (Å²) in [5, 5.41) is 3.19. The molecule has 0 aliphatic heterocycles. The Morgan fingerprint density at radius 1 is 1.41 bits per heavy atom. The standard InChI is InChI=1S/C14H17F2N/c1-3-5-6-7-14(17-4-2)12-9-8-11(15)10-13(12)16/h1,8-10,14,17H,4-7H2,2H3. The summed E-state index contributed by atoms with van der Waals surface area (Å²) < 4.78 is 26.4. The van der Waals surface area contributed by atoms with Crippen molar-refractivity contribution in [2.75, 3.05) is 6.54 Å². The lowest BCUT2D eigenvalue weighted by molar-refractivity contribution is 0.471. The summed E-state index contributed by atoms with van der Waals surface area (Å²) >= 11 is 0. The summed E-state index contributed by atoms with van der Waals surface area (Å²) in [5.41, 5.74) is 0.505. The molecule has 1 aromatic carbocycles. The number of unbranched alkanes of at least 4 members (excludes halogenated alkanes) is 1. The fourth-order valence-corrected chi connectivity index (χ4v) is 1.81. The molecular formula is C14H17F2N. The second kappa shape index (κ2) is 7.03. The average Bonchev–Trinajstić information content (AvgIpc) is 2.28. The van der Waals surface area contributed by atoms with E-state index in [1.54, 1.807) is 0 Å². The summed E-state index contributed by atoms with van der Waals surface area (Å²) in [7, 11) is 0. The minimum atomic E-state index is -0.551. The summed E-state index contributed by atoms with van der Waals surface area (Å²) in [6.45, 7) is 2.69. The van der Waals surface area contributed by atoms with E-state index >= 15 is 0 Å². The highest BCUT2D eigenvalue weighted by Crippen LogP contribution is 2.22. The first-order chi connectivity index (χ1) is 8.19. The lowest BCUT2D eigenvalue weighted by Crippen LogP contribution is -2.22. The molecule has 0 saturated carbocycles. The third-order valence-electron chi connectivity index (χ3n) is 2.60. The molecule has 1 N–H and O–H groups in total. The lowest BCUT2D eigenvalue weighted by atomic mass is 10.0. The van der Waals surface area contributed by atoms with E-state index < -0.39 is 11.6 Å². The van der Waals surface area contributed by atoms with Gasteiger partial charge in [0.25, 0.3) is 0 Å². The highest BCUT2D eigenvalue weighted by molar-refractivity contribution is 5.22. The maximum Gasteiger partial charge on any atom is 0.130 e. The molecule has 3 heteroatoms. The van der Waals surface area contributed by atoms with Crippen molar-refractivity contribution in [3.63, 3.8) is 0 Å². The molecule has 17 heavy (non-hydrogen) atoms. The molecular weight excluding hydrogens is 220 g/mol. The molecule has 0 bridgehead atoms. The zero-order valence-corrected chi connectivity index (χ0v) is 9.97. The number of terminal acetylenes is 1. The third kappa shape index (κ3) is 4.16. The Bertz CT molecular complexity index is 396. The van der Waals surface area contributed by atoms with E-state index in [0.717, 1.165) is 25.5 Å². The van der Waals surface area contributed by atoms with Crippen molar-refractivity contribution in [3.8, 4) is 12.3 Å². The largest absolute Gasteiger partial charge is 0.310 e. The molecule has 0 saturated heterocycles.